The quantitative estimate of drug-likeness (QED) is 0.523. The summed E-state index contributed by atoms with van der Waals surface area (Å²) in [5.41, 5.74) is -3.02. The van der Waals surface area contributed by atoms with Gasteiger partial charge in [-0.1, -0.05) is 39.0 Å². The van der Waals surface area contributed by atoms with Crippen LogP contribution in [0.5, 0.6) is 0 Å². The number of esters is 2. The minimum absolute atomic E-state index is 0.200. The molecular formula is C19H29NO4. The zero-order valence-electron chi connectivity index (χ0n) is 15.2. The third-order valence-corrected chi connectivity index (χ3v) is 6.08. The van der Waals surface area contributed by atoms with E-state index in [0.29, 0.717) is 6.42 Å². The van der Waals surface area contributed by atoms with Crippen LogP contribution in [0.3, 0.4) is 0 Å². The molecule has 134 valence electrons. The Bertz CT molecular complexity index is 512. The molecule has 2 saturated carbocycles. The maximum atomic E-state index is 13.0. The first-order valence-corrected chi connectivity index (χ1v) is 9.30. The number of carbonyl (C=O) groups excluding carboxylic acids is 2. The smallest absolute Gasteiger partial charge is 0.325 e. The standard InChI is InChI=1S/C19H29NO4/c1-4-7-11-18(14-20)17(12-9-8-10-13-17)19(18,15(21)23-5-2)16(22)24-6-3/h4-13H2,1-3H3. The van der Waals surface area contributed by atoms with Crippen LogP contribution in [0.15, 0.2) is 0 Å². The fraction of sp³-hybridized carbons (Fsp3) is 0.842. The molecule has 0 aromatic rings. The van der Waals surface area contributed by atoms with Crippen LogP contribution in [0.25, 0.3) is 0 Å². The van der Waals surface area contributed by atoms with Gasteiger partial charge in [-0.3, -0.25) is 9.59 Å². The van der Waals surface area contributed by atoms with Gasteiger partial charge in [0.05, 0.1) is 24.7 Å². The van der Waals surface area contributed by atoms with Crippen molar-refractivity contribution in [2.45, 2.75) is 72.1 Å². The lowest BCUT2D eigenvalue weighted by Crippen LogP contribution is -2.37. The van der Waals surface area contributed by atoms with Gasteiger partial charge in [0, 0.05) is 5.41 Å². The number of nitrogens with zero attached hydrogens (tertiary/aromatic N) is 1. The number of rotatable bonds is 7. The summed E-state index contributed by atoms with van der Waals surface area (Å²) in [6, 6.07) is 2.42. The van der Waals surface area contributed by atoms with Gasteiger partial charge in [-0.2, -0.15) is 5.26 Å². The second kappa shape index (κ2) is 7.13. The molecule has 0 N–H and O–H groups in total. The number of hydrogen-bond donors (Lipinski definition) is 0. The van der Waals surface area contributed by atoms with Crippen molar-refractivity contribution in [1.29, 1.82) is 5.26 Å². The van der Waals surface area contributed by atoms with Crippen molar-refractivity contribution < 1.29 is 19.1 Å². The second-order valence-corrected chi connectivity index (χ2v) is 6.95. The first kappa shape index (κ1) is 18.8. The SMILES string of the molecule is CCCCC1(C#N)C2(CCCCC2)C1(C(=O)OCC)C(=O)OCC. The molecule has 0 bridgehead atoms. The van der Waals surface area contributed by atoms with E-state index < -0.39 is 28.2 Å². The molecule has 0 saturated heterocycles. The highest BCUT2D eigenvalue weighted by Crippen LogP contribution is 2.85. The van der Waals surface area contributed by atoms with E-state index in [-0.39, 0.29) is 13.2 Å². The molecular weight excluding hydrogens is 306 g/mol. The van der Waals surface area contributed by atoms with Crippen LogP contribution in [0.4, 0.5) is 0 Å². The molecule has 1 unspecified atom stereocenters. The molecule has 5 heteroatoms. The van der Waals surface area contributed by atoms with E-state index in [2.05, 4.69) is 13.0 Å². The molecule has 2 fully saturated rings. The van der Waals surface area contributed by atoms with Crippen molar-refractivity contribution in [3.63, 3.8) is 0 Å². The third-order valence-electron chi connectivity index (χ3n) is 6.08. The maximum absolute atomic E-state index is 13.0. The van der Waals surface area contributed by atoms with E-state index in [0.717, 1.165) is 44.9 Å². The minimum Gasteiger partial charge on any atom is -0.465 e. The Morgan fingerprint density at radius 1 is 1.00 bits per heavy atom. The number of ether oxygens (including phenoxy) is 2. The highest BCUT2D eigenvalue weighted by molar-refractivity contribution is 6.08. The summed E-state index contributed by atoms with van der Waals surface area (Å²) >= 11 is 0. The van der Waals surface area contributed by atoms with Crippen LogP contribution in [0.2, 0.25) is 0 Å². The van der Waals surface area contributed by atoms with Crippen LogP contribution < -0.4 is 0 Å². The molecule has 2 aliphatic carbocycles. The van der Waals surface area contributed by atoms with Crippen LogP contribution in [-0.4, -0.2) is 25.2 Å². The second-order valence-electron chi connectivity index (χ2n) is 6.95. The number of hydrogen-bond acceptors (Lipinski definition) is 5. The monoisotopic (exact) mass is 335 g/mol. The Balaban J connectivity index is 2.57. The molecule has 0 radical (unpaired) electrons. The van der Waals surface area contributed by atoms with Crippen molar-refractivity contribution in [2.75, 3.05) is 13.2 Å². The predicted molar refractivity (Wildman–Crippen MR) is 88.8 cm³/mol. The van der Waals surface area contributed by atoms with E-state index in [4.69, 9.17) is 9.47 Å². The van der Waals surface area contributed by atoms with Gasteiger partial charge in [0.15, 0.2) is 5.41 Å². The molecule has 0 heterocycles. The first-order valence-electron chi connectivity index (χ1n) is 9.30. The molecule has 0 aromatic carbocycles. The molecule has 0 aromatic heterocycles. The Kier molecular flexibility index (Phi) is 5.57. The van der Waals surface area contributed by atoms with E-state index in [1.165, 1.54) is 0 Å². The normalized spacial score (nSPS) is 26.4. The van der Waals surface area contributed by atoms with Crippen molar-refractivity contribution in [1.82, 2.24) is 0 Å². The van der Waals surface area contributed by atoms with Crippen LogP contribution in [0, 0.1) is 27.6 Å². The summed E-state index contributed by atoms with van der Waals surface area (Å²) < 4.78 is 10.6. The van der Waals surface area contributed by atoms with Crippen LogP contribution in [0.1, 0.15) is 72.1 Å². The Hall–Kier alpha value is -1.57. The average molecular weight is 335 g/mol. The van der Waals surface area contributed by atoms with Gasteiger partial charge in [0.2, 0.25) is 0 Å². The Labute approximate surface area is 144 Å². The molecule has 1 atom stereocenters. The summed E-state index contributed by atoms with van der Waals surface area (Å²) in [5, 5.41) is 10.1. The molecule has 0 aliphatic heterocycles. The lowest BCUT2D eigenvalue weighted by molar-refractivity contribution is -0.168. The first-order chi connectivity index (χ1) is 11.5. The van der Waals surface area contributed by atoms with Crippen molar-refractivity contribution >= 4 is 11.9 Å². The van der Waals surface area contributed by atoms with Gasteiger partial charge in [-0.15, -0.1) is 0 Å². The van der Waals surface area contributed by atoms with Crippen molar-refractivity contribution in [3.8, 4) is 6.07 Å². The number of carbonyl (C=O) groups is 2. The van der Waals surface area contributed by atoms with Crippen LogP contribution in [-0.2, 0) is 19.1 Å². The fourth-order valence-electron chi connectivity index (χ4n) is 5.14. The highest BCUT2D eigenvalue weighted by Gasteiger charge is 2.94. The summed E-state index contributed by atoms with van der Waals surface area (Å²) in [6.07, 6.45) is 6.70. The van der Waals surface area contributed by atoms with Gasteiger partial charge in [-0.25, -0.2) is 0 Å². The van der Waals surface area contributed by atoms with Gasteiger partial charge in [-0.05, 0) is 33.1 Å². The molecule has 5 nitrogen and oxygen atoms in total. The largest absolute Gasteiger partial charge is 0.465 e. The zero-order chi connectivity index (χ0) is 17.8. The van der Waals surface area contributed by atoms with E-state index in [9.17, 15) is 14.9 Å². The number of unbranched alkanes of at least 4 members (excludes halogenated alkanes) is 1. The Morgan fingerprint density at radius 2 is 1.54 bits per heavy atom. The lowest BCUT2D eigenvalue weighted by Gasteiger charge is -2.26. The highest BCUT2D eigenvalue weighted by atomic mass is 16.6. The van der Waals surface area contributed by atoms with Gasteiger partial charge in [0.1, 0.15) is 0 Å². The molecule has 0 amide bonds. The zero-order valence-corrected chi connectivity index (χ0v) is 15.2. The third kappa shape index (κ3) is 2.18. The topological polar surface area (TPSA) is 76.4 Å². The lowest BCUT2D eigenvalue weighted by atomic mass is 9.77. The average Bonchev–Trinajstić information content (AvgIpc) is 3.09. The summed E-state index contributed by atoms with van der Waals surface area (Å²) in [6.45, 7) is 5.91. The number of nitriles is 1. The maximum Gasteiger partial charge on any atom is 0.325 e. The fourth-order valence-corrected chi connectivity index (χ4v) is 5.14. The van der Waals surface area contributed by atoms with Crippen molar-refractivity contribution in [3.05, 3.63) is 0 Å². The van der Waals surface area contributed by atoms with E-state index in [1.54, 1.807) is 13.8 Å². The summed E-state index contributed by atoms with van der Waals surface area (Å²) in [4.78, 5) is 26.0. The summed E-state index contributed by atoms with van der Waals surface area (Å²) in [5.74, 6) is -1.11. The predicted octanol–water partition coefficient (Wildman–Crippen LogP) is 3.76. The van der Waals surface area contributed by atoms with Gasteiger partial charge in [0.25, 0.3) is 0 Å². The van der Waals surface area contributed by atoms with Gasteiger partial charge < -0.3 is 9.47 Å². The molecule has 1 spiro atoms. The van der Waals surface area contributed by atoms with Crippen LogP contribution >= 0.6 is 0 Å². The molecule has 2 rings (SSSR count). The molecule has 24 heavy (non-hydrogen) atoms. The summed E-state index contributed by atoms with van der Waals surface area (Å²) in [7, 11) is 0. The van der Waals surface area contributed by atoms with E-state index in [1.807, 2.05) is 0 Å². The molecule has 2 aliphatic rings. The van der Waals surface area contributed by atoms with Crippen molar-refractivity contribution in [2.24, 2.45) is 16.2 Å². The van der Waals surface area contributed by atoms with E-state index >= 15 is 0 Å². The minimum atomic E-state index is -1.43. The van der Waals surface area contributed by atoms with Gasteiger partial charge >= 0.3 is 11.9 Å². The Morgan fingerprint density at radius 3 is 1.96 bits per heavy atom.